The molecule has 1 aromatic rings. The second kappa shape index (κ2) is 4.85. The molecule has 0 saturated heterocycles. The molecule has 1 aliphatic rings. The number of nitrogens with zero attached hydrogens (tertiary/aromatic N) is 1. The first-order valence-corrected chi connectivity index (χ1v) is 5.57. The molecule has 1 N–H and O–H groups in total. The standard InChI is InChI=1S/C12H14F3NO/c13-10(12(14)15)7-16-5-1-2-8-3-4-9(17)6-11(8)16/h3-4,6,10,12,17H,1-2,5,7H2. The van der Waals surface area contributed by atoms with E-state index in [1.165, 1.54) is 6.07 Å². The molecule has 1 atom stereocenters. The zero-order valence-corrected chi connectivity index (χ0v) is 9.24. The number of halogens is 3. The van der Waals surface area contributed by atoms with Gasteiger partial charge in [-0.2, -0.15) is 0 Å². The Balaban J connectivity index is 2.19. The van der Waals surface area contributed by atoms with Crippen LogP contribution in [0.5, 0.6) is 5.75 Å². The summed E-state index contributed by atoms with van der Waals surface area (Å²) >= 11 is 0. The fourth-order valence-corrected chi connectivity index (χ4v) is 2.12. The van der Waals surface area contributed by atoms with Crippen LogP contribution in [-0.2, 0) is 6.42 Å². The molecule has 1 heterocycles. The van der Waals surface area contributed by atoms with E-state index >= 15 is 0 Å². The fraction of sp³-hybridized carbons (Fsp3) is 0.500. The average Bonchev–Trinajstić information content (AvgIpc) is 2.29. The van der Waals surface area contributed by atoms with Gasteiger partial charge in [0.25, 0.3) is 6.43 Å². The van der Waals surface area contributed by atoms with Crippen LogP contribution in [0.3, 0.4) is 0 Å². The van der Waals surface area contributed by atoms with E-state index in [0.717, 1.165) is 18.4 Å². The van der Waals surface area contributed by atoms with Crippen LogP contribution in [0.4, 0.5) is 18.9 Å². The Hall–Kier alpha value is -1.39. The third kappa shape index (κ3) is 2.65. The number of phenols is 1. The summed E-state index contributed by atoms with van der Waals surface area (Å²) < 4.78 is 37.4. The Bertz CT molecular complexity index is 397. The number of aromatic hydroxyl groups is 1. The van der Waals surface area contributed by atoms with Gasteiger partial charge in [-0.1, -0.05) is 6.07 Å². The fourth-order valence-electron chi connectivity index (χ4n) is 2.12. The number of alkyl halides is 3. The maximum atomic E-state index is 13.1. The quantitative estimate of drug-likeness (QED) is 0.885. The molecule has 1 aromatic carbocycles. The highest BCUT2D eigenvalue weighted by Gasteiger charge is 2.25. The Morgan fingerprint density at radius 1 is 1.29 bits per heavy atom. The van der Waals surface area contributed by atoms with E-state index in [1.807, 2.05) is 0 Å². The number of hydrogen-bond acceptors (Lipinski definition) is 2. The lowest BCUT2D eigenvalue weighted by atomic mass is 10.0. The molecule has 2 nitrogen and oxygen atoms in total. The molecule has 17 heavy (non-hydrogen) atoms. The molecule has 0 bridgehead atoms. The number of anilines is 1. The molecule has 0 fully saturated rings. The predicted molar refractivity (Wildman–Crippen MR) is 59.5 cm³/mol. The van der Waals surface area contributed by atoms with Gasteiger partial charge in [0.1, 0.15) is 5.75 Å². The van der Waals surface area contributed by atoms with Crippen LogP contribution in [0.2, 0.25) is 0 Å². The normalized spacial score (nSPS) is 17.1. The van der Waals surface area contributed by atoms with Gasteiger partial charge in [0.15, 0.2) is 6.17 Å². The van der Waals surface area contributed by atoms with Gasteiger partial charge in [0.2, 0.25) is 0 Å². The van der Waals surface area contributed by atoms with Crippen molar-refractivity contribution in [1.82, 2.24) is 0 Å². The molecule has 2 rings (SSSR count). The van der Waals surface area contributed by atoms with E-state index in [1.54, 1.807) is 17.0 Å². The Kier molecular flexibility index (Phi) is 3.45. The van der Waals surface area contributed by atoms with E-state index in [2.05, 4.69) is 0 Å². The summed E-state index contributed by atoms with van der Waals surface area (Å²) in [6.07, 6.45) is -3.47. The Morgan fingerprint density at radius 3 is 2.76 bits per heavy atom. The molecule has 94 valence electrons. The van der Waals surface area contributed by atoms with E-state index < -0.39 is 12.6 Å². The predicted octanol–water partition coefficient (Wildman–Crippen LogP) is 2.75. The van der Waals surface area contributed by atoms with Gasteiger partial charge in [-0.3, -0.25) is 0 Å². The van der Waals surface area contributed by atoms with Crippen molar-refractivity contribution in [2.24, 2.45) is 0 Å². The average molecular weight is 245 g/mol. The molecule has 0 saturated carbocycles. The number of hydrogen-bond donors (Lipinski definition) is 1. The molecule has 5 heteroatoms. The van der Waals surface area contributed by atoms with Crippen LogP contribution in [-0.4, -0.2) is 30.8 Å². The van der Waals surface area contributed by atoms with Crippen LogP contribution in [0.15, 0.2) is 18.2 Å². The maximum absolute atomic E-state index is 13.1. The molecular weight excluding hydrogens is 231 g/mol. The smallest absolute Gasteiger partial charge is 0.271 e. The van der Waals surface area contributed by atoms with Crippen LogP contribution < -0.4 is 4.90 Å². The van der Waals surface area contributed by atoms with Crippen molar-refractivity contribution in [3.05, 3.63) is 23.8 Å². The SMILES string of the molecule is Oc1ccc2c(c1)N(CC(F)C(F)F)CCC2. The molecule has 0 aliphatic carbocycles. The first-order valence-electron chi connectivity index (χ1n) is 5.57. The maximum Gasteiger partial charge on any atom is 0.271 e. The summed E-state index contributed by atoms with van der Waals surface area (Å²) in [5.74, 6) is 0.0723. The monoisotopic (exact) mass is 245 g/mol. The third-order valence-corrected chi connectivity index (χ3v) is 2.95. The first-order chi connectivity index (χ1) is 8.08. The minimum absolute atomic E-state index is 0.0723. The van der Waals surface area contributed by atoms with Crippen molar-refractivity contribution in [2.45, 2.75) is 25.4 Å². The summed E-state index contributed by atoms with van der Waals surface area (Å²) in [6, 6.07) is 4.82. The lowest BCUT2D eigenvalue weighted by Crippen LogP contribution is -2.37. The zero-order valence-electron chi connectivity index (χ0n) is 9.24. The number of benzene rings is 1. The second-order valence-electron chi connectivity index (χ2n) is 4.21. The Labute approximate surface area is 97.7 Å². The lowest BCUT2D eigenvalue weighted by molar-refractivity contribution is 0.0536. The van der Waals surface area contributed by atoms with Crippen molar-refractivity contribution >= 4 is 5.69 Å². The van der Waals surface area contributed by atoms with Gasteiger partial charge >= 0.3 is 0 Å². The third-order valence-electron chi connectivity index (χ3n) is 2.95. The highest BCUT2D eigenvalue weighted by Crippen LogP contribution is 2.31. The van der Waals surface area contributed by atoms with Gasteiger partial charge in [-0.15, -0.1) is 0 Å². The Morgan fingerprint density at radius 2 is 2.06 bits per heavy atom. The zero-order chi connectivity index (χ0) is 12.4. The van der Waals surface area contributed by atoms with Crippen LogP contribution >= 0.6 is 0 Å². The summed E-state index contributed by atoms with van der Waals surface area (Å²) in [7, 11) is 0. The summed E-state index contributed by atoms with van der Waals surface area (Å²) in [4.78, 5) is 1.58. The van der Waals surface area contributed by atoms with Crippen LogP contribution in [0.25, 0.3) is 0 Å². The molecule has 1 unspecified atom stereocenters. The van der Waals surface area contributed by atoms with Gasteiger partial charge < -0.3 is 10.0 Å². The molecule has 0 amide bonds. The van der Waals surface area contributed by atoms with E-state index in [0.29, 0.717) is 12.2 Å². The lowest BCUT2D eigenvalue weighted by Gasteiger charge is -2.32. The van der Waals surface area contributed by atoms with Crippen molar-refractivity contribution in [1.29, 1.82) is 0 Å². The first kappa shape index (κ1) is 12.1. The summed E-state index contributed by atoms with van der Waals surface area (Å²) in [5.41, 5.74) is 1.63. The molecule has 0 radical (unpaired) electrons. The molecule has 0 aromatic heterocycles. The minimum atomic E-state index is -2.96. The van der Waals surface area contributed by atoms with Gasteiger partial charge in [-0.05, 0) is 24.5 Å². The van der Waals surface area contributed by atoms with Crippen molar-refractivity contribution < 1.29 is 18.3 Å². The van der Waals surface area contributed by atoms with Gasteiger partial charge in [-0.25, -0.2) is 13.2 Å². The van der Waals surface area contributed by atoms with Crippen LogP contribution in [0, 0.1) is 0 Å². The number of fused-ring (bicyclic) bond motifs is 1. The number of rotatable bonds is 3. The summed E-state index contributed by atoms with van der Waals surface area (Å²) in [6.45, 7) is 0.220. The van der Waals surface area contributed by atoms with Gasteiger partial charge in [0, 0.05) is 18.3 Å². The number of aryl methyl sites for hydroxylation is 1. The summed E-state index contributed by atoms with van der Waals surface area (Å²) in [5, 5.41) is 9.38. The van der Waals surface area contributed by atoms with Crippen molar-refractivity contribution in [3.63, 3.8) is 0 Å². The van der Waals surface area contributed by atoms with Crippen molar-refractivity contribution in [3.8, 4) is 5.75 Å². The topological polar surface area (TPSA) is 23.5 Å². The highest BCUT2D eigenvalue weighted by molar-refractivity contribution is 5.58. The minimum Gasteiger partial charge on any atom is -0.508 e. The molecule has 1 aliphatic heterocycles. The largest absolute Gasteiger partial charge is 0.508 e. The van der Waals surface area contributed by atoms with Crippen LogP contribution in [0.1, 0.15) is 12.0 Å². The van der Waals surface area contributed by atoms with E-state index in [9.17, 15) is 18.3 Å². The van der Waals surface area contributed by atoms with E-state index in [-0.39, 0.29) is 12.3 Å². The molecule has 0 spiro atoms. The van der Waals surface area contributed by atoms with E-state index in [4.69, 9.17) is 0 Å². The number of phenolic OH excluding ortho intramolecular Hbond substituents is 1. The second-order valence-corrected chi connectivity index (χ2v) is 4.21. The molecular formula is C12H14F3NO. The highest BCUT2D eigenvalue weighted by atomic mass is 19.3. The van der Waals surface area contributed by atoms with Crippen molar-refractivity contribution in [2.75, 3.05) is 18.0 Å². The van der Waals surface area contributed by atoms with Gasteiger partial charge in [0.05, 0.1) is 6.54 Å².